The molecule has 0 radical (unpaired) electrons. The van der Waals surface area contributed by atoms with E-state index in [-0.39, 0.29) is 12.4 Å². The maximum atomic E-state index is 12.1. The number of rotatable bonds is 6. The Hall–Kier alpha value is -3.58. The standard InChI is InChI=1S/C21H14N2O4S/c24-17(18-7-4-12-28-18)13-26-21(25)16-10-8-15(9-11-16)20-23-22-19(27-20)14-5-2-1-3-6-14/h1-12H,13H2. The molecule has 0 bridgehead atoms. The van der Waals surface area contributed by atoms with Crippen LogP contribution in [0, 0.1) is 0 Å². The molecule has 0 amide bonds. The third-order valence-corrected chi connectivity index (χ3v) is 4.85. The van der Waals surface area contributed by atoms with E-state index in [4.69, 9.17) is 9.15 Å². The van der Waals surface area contributed by atoms with E-state index in [1.54, 1.807) is 41.8 Å². The predicted octanol–water partition coefficient (Wildman–Crippen LogP) is 4.50. The highest BCUT2D eigenvalue weighted by atomic mass is 32.1. The van der Waals surface area contributed by atoms with Crippen molar-refractivity contribution in [2.24, 2.45) is 0 Å². The molecule has 2 aromatic carbocycles. The summed E-state index contributed by atoms with van der Waals surface area (Å²) in [4.78, 5) is 24.6. The van der Waals surface area contributed by atoms with E-state index in [0.29, 0.717) is 27.8 Å². The quantitative estimate of drug-likeness (QED) is 0.356. The molecule has 7 heteroatoms. The van der Waals surface area contributed by atoms with E-state index in [1.165, 1.54) is 11.3 Å². The van der Waals surface area contributed by atoms with Gasteiger partial charge in [-0.1, -0.05) is 24.3 Å². The summed E-state index contributed by atoms with van der Waals surface area (Å²) >= 11 is 1.31. The van der Waals surface area contributed by atoms with Crippen LogP contribution >= 0.6 is 11.3 Å². The molecule has 0 spiro atoms. The van der Waals surface area contributed by atoms with Gasteiger partial charge in [0.05, 0.1) is 10.4 Å². The van der Waals surface area contributed by atoms with Gasteiger partial charge in [0.2, 0.25) is 17.6 Å². The van der Waals surface area contributed by atoms with Gasteiger partial charge in [-0.05, 0) is 47.8 Å². The minimum Gasteiger partial charge on any atom is -0.454 e. The van der Waals surface area contributed by atoms with Gasteiger partial charge in [0.1, 0.15) is 0 Å². The minimum atomic E-state index is -0.563. The maximum absolute atomic E-state index is 12.1. The normalized spacial score (nSPS) is 10.6. The number of hydrogen-bond acceptors (Lipinski definition) is 7. The summed E-state index contributed by atoms with van der Waals surface area (Å²) in [6.07, 6.45) is 0. The van der Waals surface area contributed by atoms with Crippen LogP contribution in [0.1, 0.15) is 20.0 Å². The number of aromatic nitrogens is 2. The molecule has 0 unspecified atom stereocenters. The highest BCUT2D eigenvalue weighted by Crippen LogP contribution is 2.24. The molecule has 0 aliphatic carbocycles. The highest BCUT2D eigenvalue weighted by molar-refractivity contribution is 7.12. The molecular formula is C21H14N2O4S. The Morgan fingerprint density at radius 3 is 2.18 bits per heavy atom. The Morgan fingerprint density at radius 1 is 0.857 bits per heavy atom. The zero-order valence-corrected chi connectivity index (χ0v) is 15.4. The first kappa shape index (κ1) is 17.8. The first-order valence-corrected chi connectivity index (χ1v) is 9.32. The fourth-order valence-corrected chi connectivity index (χ4v) is 3.16. The molecule has 4 rings (SSSR count). The maximum Gasteiger partial charge on any atom is 0.338 e. The van der Waals surface area contributed by atoms with Crippen LogP contribution in [0.4, 0.5) is 0 Å². The van der Waals surface area contributed by atoms with E-state index in [2.05, 4.69) is 10.2 Å². The number of carbonyl (C=O) groups is 2. The van der Waals surface area contributed by atoms with Gasteiger partial charge in [0.15, 0.2) is 6.61 Å². The molecule has 2 aromatic heterocycles. The van der Waals surface area contributed by atoms with Gasteiger partial charge in [-0.15, -0.1) is 21.5 Å². The molecule has 4 aromatic rings. The van der Waals surface area contributed by atoms with Crippen molar-refractivity contribution < 1.29 is 18.7 Å². The van der Waals surface area contributed by atoms with Crippen molar-refractivity contribution in [3.63, 3.8) is 0 Å². The lowest BCUT2D eigenvalue weighted by Crippen LogP contribution is -2.13. The Morgan fingerprint density at radius 2 is 1.54 bits per heavy atom. The number of thiophene rings is 1. The Labute approximate surface area is 164 Å². The van der Waals surface area contributed by atoms with Crippen LogP contribution in [0.5, 0.6) is 0 Å². The van der Waals surface area contributed by atoms with Crippen molar-refractivity contribution in [1.82, 2.24) is 10.2 Å². The number of benzene rings is 2. The monoisotopic (exact) mass is 390 g/mol. The molecule has 0 aliphatic heterocycles. The lowest BCUT2D eigenvalue weighted by atomic mass is 10.1. The summed E-state index contributed by atoms with van der Waals surface area (Å²) in [5.41, 5.74) is 1.85. The molecule has 0 N–H and O–H groups in total. The number of esters is 1. The van der Waals surface area contributed by atoms with Crippen LogP contribution in [0.3, 0.4) is 0 Å². The molecule has 2 heterocycles. The van der Waals surface area contributed by atoms with Crippen LogP contribution in [0.15, 0.2) is 76.5 Å². The number of nitrogens with zero attached hydrogens (tertiary/aromatic N) is 2. The molecule has 0 saturated carbocycles. The van der Waals surface area contributed by atoms with E-state index in [0.717, 1.165) is 5.56 Å². The molecule has 138 valence electrons. The fraction of sp³-hybridized carbons (Fsp3) is 0.0476. The van der Waals surface area contributed by atoms with E-state index in [9.17, 15) is 9.59 Å². The molecule has 0 aliphatic rings. The first-order valence-electron chi connectivity index (χ1n) is 8.44. The van der Waals surface area contributed by atoms with E-state index in [1.807, 2.05) is 30.3 Å². The largest absolute Gasteiger partial charge is 0.454 e. The Kier molecular flexibility index (Phi) is 5.07. The average molecular weight is 390 g/mol. The second-order valence-electron chi connectivity index (χ2n) is 5.83. The van der Waals surface area contributed by atoms with E-state index < -0.39 is 5.97 Å². The van der Waals surface area contributed by atoms with Crippen molar-refractivity contribution in [3.8, 4) is 22.9 Å². The van der Waals surface area contributed by atoms with Crippen molar-refractivity contribution in [3.05, 3.63) is 82.6 Å². The molecule has 0 atom stereocenters. The molecule has 0 fully saturated rings. The summed E-state index contributed by atoms with van der Waals surface area (Å²) in [5.74, 6) is -0.0101. The lowest BCUT2D eigenvalue weighted by molar-refractivity contribution is 0.0476. The number of Topliss-reactive ketones (excluding diaryl/α,β-unsaturated/α-hetero) is 1. The van der Waals surface area contributed by atoms with Crippen molar-refractivity contribution in [2.75, 3.05) is 6.61 Å². The van der Waals surface area contributed by atoms with Crippen LogP contribution < -0.4 is 0 Å². The second-order valence-corrected chi connectivity index (χ2v) is 6.78. The minimum absolute atomic E-state index is 0.223. The second kappa shape index (κ2) is 7.98. The van der Waals surface area contributed by atoms with Gasteiger partial charge in [-0.25, -0.2) is 4.79 Å². The lowest BCUT2D eigenvalue weighted by Gasteiger charge is -2.04. The topological polar surface area (TPSA) is 82.3 Å². The fourth-order valence-electron chi connectivity index (χ4n) is 2.51. The molecular weight excluding hydrogens is 376 g/mol. The zero-order valence-electron chi connectivity index (χ0n) is 14.6. The highest BCUT2D eigenvalue weighted by Gasteiger charge is 2.14. The summed E-state index contributed by atoms with van der Waals surface area (Å²) < 4.78 is 10.8. The van der Waals surface area contributed by atoms with Crippen LogP contribution in [0.2, 0.25) is 0 Å². The average Bonchev–Trinajstić information content (AvgIpc) is 3.45. The van der Waals surface area contributed by atoms with Crippen LogP contribution in [-0.2, 0) is 4.74 Å². The summed E-state index contributed by atoms with van der Waals surface area (Å²) in [6, 6.07) is 19.5. The van der Waals surface area contributed by atoms with E-state index >= 15 is 0 Å². The van der Waals surface area contributed by atoms with Gasteiger partial charge in [-0.3, -0.25) is 4.79 Å². The van der Waals surface area contributed by atoms with Gasteiger partial charge in [0, 0.05) is 11.1 Å². The van der Waals surface area contributed by atoms with Gasteiger partial charge in [-0.2, -0.15) is 0 Å². The van der Waals surface area contributed by atoms with Crippen LogP contribution in [0.25, 0.3) is 22.9 Å². The Bertz CT molecular complexity index is 1090. The van der Waals surface area contributed by atoms with Gasteiger partial charge < -0.3 is 9.15 Å². The number of hydrogen-bond donors (Lipinski definition) is 0. The summed E-state index contributed by atoms with van der Waals surface area (Å²) in [6.45, 7) is -0.287. The van der Waals surface area contributed by atoms with Gasteiger partial charge >= 0.3 is 5.97 Å². The number of carbonyl (C=O) groups excluding carboxylic acids is 2. The smallest absolute Gasteiger partial charge is 0.338 e. The zero-order chi connectivity index (χ0) is 19.3. The summed E-state index contributed by atoms with van der Waals surface area (Å²) in [5, 5.41) is 9.90. The number of ether oxygens (including phenoxy) is 1. The predicted molar refractivity (Wildman–Crippen MR) is 104 cm³/mol. The van der Waals surface area contributed by atoms with Crippen molar-refractivity contribution in [1.29, 1.82) is 0 Å². The van der Waals surface area contributed by atoms with Crippen LogP contribution in [-0.4, -0.2) is 28.6 Å². The molecule has 28 heavy (non-hydrogen) atoms. The third-order valence-electron chi connectivity index (χ3n) is 3.94. The summed E-state index contributed by atoms with van der Waals surface area (Å²) in [7, 11) is 0. The van der Waals surface area contributed by atoms with Gasteiger partial charge in [0.25, 0.3) is 0 Å². The SMILES string of the molecule is O=C(OCC(=O)c1cccs1)c1ccc(-c2nnc(-c3ccccc3)o2)cc1. The number of ketones is 1. The van der Waals surface area contributed by atoms with Crippen molar-refractivity contribution in [2.45, 2.75) is 0 Å². The molecule has 0 saturated heterocycles. The third kappa shape index (κ3) is 3.89. The Balaban J connectivity index is 1.42. The first-order chi connectivity index (χ1) is 13.7. The van der Waals surface area contributed by atoms with Crippen molar-refractivity contribution >= 4 is 23.1 Å². The molecule has 6 nitrogen and oxygen atoms in total.